The van der Waals surface area contributed by atoms with E-state index in [-0.39, 0.29) is 28.7 Å². The molecule has 0 atom stereocenters. The fourth-order valence-electron chi connectivity index (χ4n) is 1.94. The Hall–Kier alpha value is -2.42. The van der Waals surface area contributed by atoms with E-state index >= 15 is 0 Å². The van der Waals surface area contributed by atoms with Crippen LogP contribution in [0.15, 0.2) is 33.7 Å². The number of hydrogen-bond donors (Lipinski definition) is 1. The molecule has 0 amide bonds. The van der Waals surface area contributed by atoms with E-state index in [9.17, 15) is 18.5 Å². The molecule has 1 aromatic heterocycles. The average Bonchev–Trinajstić information content (AvgIpc) is 2.93. The van der Waals surface area contributed by atoms with Crippen molar-refractivity contribution < 1.29 is 17.9 Å². The molecule has 1 aromatic carbocycles. The molecule has 0 aliphatic rings. The first-order valence-corrected chi connectivity index (χ1v) is 8.75. The number of non-ortho nitro benzene ring substituents is 1. The summed E-state index contributed by atoms with van der Waals surface area (Å²) in [6.45, 7) is 4.18. The van der Waals surface area contributed by atoms with Crippen LogP contribution in [0.1, 0.15) is 31.2 Å². The van der Waals surface area contributed by atoms with Crippen molar-refractivity contribution >= 4 is 21.2 Å². The Kier molecular flexibility index (Phi) is 4.69. The highest BCUT2D eigenvalue weighted by molar-refractivity contribution is 7.90. The van der Waals surface area contributed by atoms with Gasteiger partial charge in [0.25, 0.3) is 5.69 Å². The Labute approximate surface area is 133 Å². The Morgan fingerprint density at radius 2 is 2.04 bits per heavy atom. The monoisotopic (exact) mass is 339 g/mol. The van der Waals surface area contributed by atoms with Crippen molar-refractivity contribution in [1.82, 2.24) is 5.16 Å². The molecule has 1 N–H and O–H groups in total. The number of nitro benzene ring substituents is 1. The number of benzene rings is 1. The number of sulfone groups is 1. The summed E-state index contributed by atoms with van der Waals surface area (Å²) < 4.78 is 28.8. The molecule has 1 heterocycles. The second-order valence-electron chi connectivity index (χ2n) is 5.44. The first-order valence-electron chi connectivity index (χ1n) is 6.86. The highest BCUT2D eigenvalue weighted by atomic mass is 32.2. The highest BCUT2D eigenvalue weighted by Crippen LogP contribution is 2.27. The first kappa shape index (κ1) is 16.9. The van der Waals surface area contributed by atoms with Crippen LogP contribution in [0.4, 0.5) is 11.4 Å². The predicted molar refractivity (Wildman–Crippen MR) is 84.1 cm³/mol. The van der Waals surface area contributed by atoms with Gasteiger partial charge in [-0.1, -0.05) is 19.0 Å². The van der Waals surface area contributed by atoms with Gasteiger partial charge in [-0.3, -0.25) is 10.1 Å². The van der Waals surface area contributed by atoms with Crippen LogP contribution in [0.3, 0.4) is 0 Å². The molecule has 124 valence electrons. The van der Waals surface area contributed by atoms with Crippen molar-refractivity contribution in [2.45, 2.75) is 31.2 Å². The summed E-state index contributed by atoms with van der Waals surface area (Å²) in [6.07, 6.45) is 1.00. The number of anilines is 1. The lowest BCUT2D eigenvalue weighted by Gasteiger charge is -2.09. The lowest BCUT2D eigenvalue weighted by atomic mass is 10.1. The molecular weight excluding hydrogens is 322 g/mol. The zero-order chi connectivity index (χ0) is 17.2. The Morgan fingerprint density at radius 3 is 2.57 bits per heavy atom. The number of nitrogens with zero attached hydrogens (tertiary/aromatic N) is 2. The summed E-state index contributed by atoms with van der Waals surface area (Å²) >= 11 is 0. The molecule has 8 nitrogen and oxygen atoms in total. The van der Waals surface area contributed by atoms with E-state index in [1.807, 2.05) is 13.8 Å². The number of nitrogens with one attached hydrogen (secondary N) is 1. The largest absolute Gasteiger partial charge is 0.377 e. The summed E-state index contributed by atoms with van der Waals surface area (Å²) in [5.41, 5.74) is 0.798. The molecular formula is C14H17N3O5S. The fourth-order valence-corrected chi connectivity index (χ4v) is 2.82. The molecule has 0 saturated heterocycles. The van der Waals surface area contributed by atoms with E-state index in [2.05, 4.69) is 10.5 Å². The maximum absolute atomic E-state index is 11.8. The molecule has 0 saturated carbocycles. The summed E-state index contributed by atoms with van der Waals surface area (Å²) in [7, 11) is -3.62. The molecule has 23 heavy (non-hydrogen) atoms. The van der Waals surface area contributed by atoms with Gasteiger partial charge in [0.05, 0.1) is 27.7 Å². The van der Waals surface area contributed by atoms with Gasteiger partial charge in [0.2, 0.25) is 0 Å². The SMILES string of the molecule is CC(C)c1cc(CNc2ccc([N+](=O)[O-])cc2S(C)(=O)=O)on1. The van der Waals surface area contributed by atoms with Crippen LogP contribution < -0.4 is 5.32 Å². The van der Waals surface area contributed by atoms with Crippen molar-refractivity contribution in [3.63, 3.8) is 0 Å². The lowest BCUT2D eigenvalue weighted by molar-refractivity contribution is -0.385. The quantitative estimate of drug-likeness (QED) is 0.635. The van der Waals surface area contributed by atoms with Gasteiger partial charge < -0.3 is 9.84 Å². The maximum Gasteiger partial charge on any atom is 0.270 e. The van der Waals surface area contributed by atoms with Crippen molar-refractivity contribution in [3.05, 3.63) is 45.8 Å². The number of aromatic nitrogens is 1. The Morgan fingerprint density at radius 1 is 1.35 bits per heavy atom. The van der Waals surface area contributed by atoms with Crippen LogP contribution in [-0.4, -0.2) is 24.8 Å². The van der Waals surface area contributed by atoms with Crippen LogP contribution >= 0.6 is 0 Å². The molecule has 0 bridgehead atoms. The molecule has 2 aromatic rings. The summed E-state index contributed by atoms with van der Waals surface area (Å²) in [6, 6.07) is 5.44. The van der Waals surface area contributed by atoms with Gasteiger partial charge >= 0.3 is 0 Å². The zero-order valence-electron chi connectivity index (χ0n) is 12.9. The topological polar surface area (TPSA) is 115 Å². The molecule has 0 unspecified atom stereocenters. The molecule has 9 heteroatoms. The minimum Gasteiger partial charge on any atom is -0.377 e. The van der Waals surface area contributed by atoms with Gasteiger partial charge in [-0.25, -0.2) is 8.42 Å². The molecule has 0 radical (unpaired) electrons. The highest BCUT2D eigenvalue weighted by Gasteiger charge is 2.18. The smallest absolute Gasteiger partial charge is 0.270 e. The molecule has 0 spiro atoms. The van der Waals surface area contributed by atoms with E-state index in [1.54, 1.807) is 6.07 Å². The van der Waals surface area contributed by atoms with Crippen LogP contribution in [0.2, 0.25) is 0 Å². The molecule has 0 aliphatic carbocycles. The van der Waals surface area contributed by atoms with Gasteiger partial charge in [0.1, 0.15) is 0 Å². The van der Waals surface area contributed by atoms with Crippen molar-refractivity contribution in [2.24, 2.45) is 0 Å². The Balaban J connectivity index is 2.26. The van der Waals surface area contributed by atoms with Gasteiger partial charge in [-0.15, -0.1) is 0 Å². The van der Waals surface area contributed by atoms with Crippen molar-refractivity contribution in [3.8, 4) is 0 Å². The zero-order valence-corrected chi connectivity index (χ0v) is 13.8. The standard InChI is InChI=1S/C14H17N3O5S/c1-9(2)13-7-11(22-16-13)8-15-12-5-4-10(17(18)19)6-14(12)23(3,20)21/h4-7,9,15H,8H2,1-3H3. The summed E-state index contributed by atoms with van der Waals surface area (Å²) in [4.78, 5) is 10.0. The fraction of sp³-hybridized carbons (Fsp3) is 0.357. The number of nitro groups is 1. The molecule has 2 rings (SSSR count). The second kappa shape index (κ2) is 6.37. The lowest BCUT2D eigenvalue weighted by Crippen LogP contribution is -2.06. The minimum absolute atomic E-state index is 0.129. The van der Waals surface area contributed by atoms with E-state index < -0.39 is 14.8 Å². The van der Waals surface area contributed by atoms with Crippen LogP contribution in [0.25, 0.3) is 0 Å². The van der Waals surface area contributed by atoms with E-state index in [0.29, 0.717) is 5.76 Å². The van der Waals surface area contributed by atoms with Crippen molar-refractivity contribution in [2.75, 3.05) is 11.6 Å². The molecule has 0 fully saturated rings. The third kappa shape index (κ3) is 4.07. The van der Waals surface area contributed by atoms with E-state index in [1.165, 1.54) is 12.1 Å². The van der Waals surface area contributed by atoms with E-state index in [4.69, 9.17) is 4.52 Å². The van der Waals surface area contributed by atoms with Gasteiger partial charge in [-0.05, 0) is 12.0 Å². The van der Waals surface area contributed by atoms with Crippen LogP contribution in [-0.2, 0) is 16.4 Å². The predicted octanol–water partition coefficient (Wildman–Crippen LogP) is 2.72. The summed E-state index contributed by atoms with van der Waals surface area (Å²) in [5, 5.41) is 17.6. The maximum atomic E-state index is 11.8. The normalized spacial score (nSPS) is 11.7. The van der Waals surface area contributed by atoms with Gasteiger partial charge in [0, 0.05) is 24.5 Å². The van der Waals surface area contributed by atoms with E-state index in [0.717, 1.165) is 18.0 Å². The first-order chi connectivity index (χ1) is 10.7. The minimum atomic E-state index is -3.62. The number of hydrogen-bond acceptors (Lipinski definition) is 7. The van der Waals surface area contributed by atoms with Crippen molar-refractivity contribution in [1.29, 1.82) is 0 Å². The average molecular weight is 339 g/mol. The Bertz CT molecular complexity index is 827. The second-order valence-corrected chi connectivity index (χ2v) is 7.42. The number of rotatable bonds is 6. The summed E-state index contributed by atoms with van der Waals surface area (Å²) in [5.74, 6) is 0.768. The molecule has 0 aliphatic heterocycles. The van der Waals surface area contributed by atoms with Crippen LogP contribution in [0, 0.1) is 10.1 Å². The third-order valence-electron chi connectivity index (χ3n) is 3.20. The third-order valence-corrected chi connectivity index (χ3v) is 4.33. The van der Waals surface area contributed by atoms with Crippen LogP contribution in [0.5, 0.6) is 0 Å². The van der Waals surface area contributed by atoms with Gasteiger partial charge in [-0.2, -0.15) is 0 Å². The van der Waals surface area contributed by atoms with Gasteiger partial charge in [0.15, 0.2) is 15.6 Å².